The third kappa shape index (κ3) is 3.74. The highest BCUT2D eigenvalue weighted by atomic mass is 16.5. The normalized spacial score (nSPS) is 10.2. The van der Waals surface area contributed by atoms with Gasteiger partial charge in [-0.25, -0.2) is 0 Å². The largest absolute Gasteiger partial charge is 0.495 e. The second kappa shape index (κ2) is 7.12. The van der Waals surface area contributed by atoms with E-state index in [1.807, 2.05) is 6.07 Å². The zero-order chi connectivity index (χ0) is 11.8. The molecule has 0 amide bonds. The molecule has 1 aromatic carbocycles. The average molecular weight is 222 g/mol. The number of rotatable bonds is 7. The third-order valence-corrected chi connectivity index (χ3v) is 2.54. The summed E-state index contributed by atoms with van der Waals surface area (Å²) in [6.07, 6.45) is 1.05. The standard InChI is InChI=1S/C13H22N2O/c1-4-11-6-7-13(16-3)12(10-11)15-9-8-14-5-2/h6-7,10,14-15H,4-5,8-9H2,1-3H3. The van der Waals surface area contributed by atoms with Crippen LogP contribution in [0.2, 0.25) is 0 Å². The van der Waals surface area contributed by atoms with Crippen molar-refractivity contribution in [3.63, 3.8) is 0 Å². The van der Waals surface area contributed by atoms with Crippen LogP contribution in [0.5, 0.6) is 5.75 Å². The molecule has 1 rings (SSSR count). The molecule has 0 heterocycles. The molecule has 0 bridgehead atoms. The van der Waals surface area contributed by atoms with E-state index in [1.165, 1.54) is 5.56 Å². The van der Waals surface area contributed by atoms with Crippen LogP contribution in [0.25, 0.3) is 0 Å². The topological polar surface area (TPSA) is 33.3 Å². The molecule has 0 aromatic heterocycles. The van der Waals surface area contributed by atoms with Crippen molar-refractivity contribution in [1.29, 1.82) is 0 Å². The zero-order valence-corrected chi connectivity index (χ0v) is 10.5. The molecule has 0 radical (unpaired) electrons. The maximum atomic E-state index is 5.32. The van der Waals surface area contributed by atoms with E-state index >= 15 is 0 Å². The minimum absolute atomic E-state index is 0.911. The highest BCUT2D eigenvalue weighted by molar-refractivity contribution is 5.58. The van der Waals surface area contributed by atoms with Gasteiger partial charge in [-0.05, 0) is 30.7 Å². The van der Waals surface area contributed by atoms with Crippen LogP contribution in [-0.2, 0) is 6.42 Å². The third-order valence-electron chi connectivity index (χ3n) is 2.54. The number of hydrogen-bond donors (Lipinski definition) is 2. The number of benzene rings is 1. The lowest BCUT2D eigenvalue weighted by atomic mass is 10.1. The highest BCUT2D eigenvalue weighted by Crippen LogP contribution is 2.25. The van der Waals surface area contributed by atoms with Gasteiger partial charge < -0.3 is 15.4 Å². The molecule has 3 nitrogen and oxygen atoms in total. The summed E-state index contributed by atoms with van der Waals surface area (Å²) in [6.45, 7) is 7.16. The molecule has 3 heteroatoms. The molecule has 2 N–H and O–H groups in total. The fourth-order valence-corrected chi connectivity index (χ4v) is 1.58. The molecule has 0 saturated heterocycles. The van der Waals surface area contributed by atoms with Gasteiger partial charge in [-0.15, -0.1) is 0 Å². The first-order valence-corrected chi connectivity index (χ1v) is 5.93. The van der Waals surface area contributed by atoms with Crippen molar-refractivity contribution < 1.29 is 4.74 Å². The number of anilines is 1. The van der Waals surface area contributed by atoms with E-state index in [-0.39, 0.29) is 0 Å². The summed E-state index contributed by atoms with van der Waals surface area (Å²) in [5.41, 5.74) is 2.41. The fraction of sp³-hybridized carbons (Fsp3) is 0.538. The van der Waals surface area contributed by atoms with Gasteiger partial charge in [-0.3, -0.25) is 0 Å². The average Bonchev–Trinajstić information content (AvgIpc) is 2.34. The van der Waals surface area contributed by atoms with Crippen molar-refractivity contribution in [2.45, 2.75) is 20.3 Å². The van der Waals surface area contributed by atoms with Crippen molar-refractivity contribution >= 4 is 5.69 Å². The van der Waals surface area contributed by atoms with E-state index in [0.717, 1.165) is 37.5 Å². The minimum Gasteiger partial charge on any atom is -0.495 e. The van der Waals surface area contributed by atoms with Gasteiger partial charge in [-0.1, -0.05) is 19.9 Å². The SMILES string of the molecule is CCNCCNc1cc(CC)ccc1OC. The monoisotopic (exact) mass is 222 g/mol. The lowest BCUT2D eigenvalue weighted by Crippen LogP contribution is -2.21. The van der Waals surface area contributed by atoms with Gasteiger partial charge in [0, 0.05) is 13.1 Å². The molecule has 0 spiro atoms. The first kappa shape index (κ1) is 12.8. The van der Waals surface area contributed by atoms with Crippen LogP contribution < -0.4 is 15.4 Å². The Kier molecular flexibility index (Phi) is 5.72. The Labute approximate surface area is 98.2 Å². The number of hydrogen-bond acceptors (Lipinski definition) is 3. The summed E-state index contributed by atoms with van der Waals surface area (Å²) in [7, 11) is 1.70. The molecule has 1 aromatic rings. The van der Waals surface area contributed by atoms with E-state index in [1.54, 1.807) is 7.11 Å². The van der Waals surface area contributed by atoms with Gasteiger partial charge in [0.2, 0.25) is 0 Å². The molecule has 0 atom stereocenters. The van der Waals surface area contributed by atoms with E-state index < -0.39 is 0 Å². The summed E-state index contributed by atoms with van der Waals surface area (Å²) < 4.78 is 5.32. The second-order valence-corrected chi connectivity index (χ2v) is 3.67. The number of nitrogens with one attached hydrogen (secondary N) is 2. The van der Waals surface area contributed by atoms with Crippen LogP contribution in [0, 0.1) is 0 Å². The van der Waals surface area contributed by atoms with Crippen molar-refractivity contribution in [3.05, 3.63) is 23.8 Å². The highest BCUT2D eigenvalue weighted by Gasteiger charge is 2.02. The minimum atomic E-state index is 0.911. The Morgan fingerprint density at radius 3 is 2.62 bits per heavy atom. The molecule has 0 aliphatic heterocycles. The molecule has 0 fully saturated rings. The molecular weight excluding hydrogens is 200 g/mol. The molecule has 0 saturated carbocycles. The molecule has 0 unspecified atom stereocenters. The Morgan fingerprint density at radius 1 is 1.19 bits per heavy atom. The number of aryl methyl sites for hydroxylation is 1. The molecule has 16 heavy (non-hydrogen) atoms. The molecule has 0 aliphatic rings. The van der Waals surface area contributed by atoms with Gasteiger partial charge in [0.1, 0.15) is 5.75 Å². The van der Waals surface area contributed by atoms with Crippen LogP contribution >= 0.6 is 0 Å². The number of ether oxygens (including phenoxy) is 1. The summed E-state index contributed by atoms with van der Waals surface area (Å²) in [6, 6.07) is 6.29. The van der Waals surface area contributed by atoms with Crippen LogP contribution in [0.4, 0.5) is 5.69 Å². The Morgan fingerprint density at radius 2 is 2.00 bits per heavy atom. The van der Waals surface area contributed by atoms with Crippen molar-refractivity contribution in [2.75, 3.05) is 32.1 Å². The van der Waals surface area contributed by atoms with Crippen molar-refractivity contribution in [2.24, 2.45) is 0 Å². The molecular formula is C13H22N2O. The quantitative estimate of drug-likeness (QED) is 0.694. The van der Waals surface area contributed by atoms with Gasteiger partial charge in [0.15, 0.2) is 0 Å². The second-order valence-electron chi connectivity index (χ2n) is 3.67. The van der Waals surface area contributed by atoms with Crippen LogP contribution in [0.1, 0.15) is 19.4 Å². The van der Waals surface area contributed by atoms with Crippen LogP contribution in [-0.4, -0.2) is 26.7 Å². The summed E-state index contributed by atoms with van der Waals surface area (Å²) in [5, 5.41) is 6.67. The molecule has 90 valence electrons. The lowest BCUT2D eigenvalue weighted by molar-refractivity contribution is 0.416. The van der Waals surface area contributed by atoms with Gasteiger partial charge in [0.25, 0.3) is 0 Å². The van der Waals surface area contributed by atoms with E-state index in [9.17, 15) is 0 Å². The summed E-state index contributed by atoms with van der Waals surface area (Å²) in [4.78, 5) is 0. The van der Waals surface area contributed by atoms with E-state index in [4.69, 9.17) is 4.74 Å². The van der Waals surface area contributed by atoms with E-state index in [2.05, 4.69) is 36.6 Å². The fourth-order valence-electron chi connectivity index (χ4n) is 1.58. The van der Waals surface area contributed by atoms with Crippen molar-refractivity contribution in [1.82, 2.24) is 5.32 Å². The Bertz CT molecular complexity index is 313. The first-order valence-electron chi connectivity index (χ1n) is 5.93. The van der Waals surface area contributed by atoms with E-state index in [0.29, 0.717) is 0 Å². The Balaban J connectivity index is 2.60. The Hall–Kier alpha value is -1.22. The maximum Gasteiger partial charge on any atom is 0.141 e. The van der Waals surface area contributed by atoms with Crippen LogP contribution in [0.15, 0.2) is 18.2 Å². The molecule has 0 aliphatic carbocycles. The smallest absolute Gasteiger partial charge is 0.141 e. The summed E-state index contributed by atoms with van der Waals surface area (Å²) >= 11 is 0. The summed E-state index contributed by atoms with van der Waals surface area (Å²) in [5.74, 6) is 0.911. The zero-order valence-electron chi connectivity index (χ0n) is 10.5. The van der Waals surface area contributed by atoms with Gasteiger partial charge >= 0.3 is 0 Å². The predicted octanol–water partition coefficient (Wildman–Crippen LogP) is 2.28. The van der Waals surface area contributed by atoms with Crippen molar-refractivity contribution in [3.8, 4) is 5.75 Å². The lowest BCUT2D eigenvalue weighted by Gasteiger charge is -2.12. The predicted molar refractivity (Wildman–Crippen MR) is 69.4 cm³/mol. The number of methoxy groups -OCH3 is 1. The maximum absolute atomic E-state index is 5.32. The number of likely N-dealkylation sites (N-methyl/N-ethyl adjacent to an activating group) is 1. The van der Waals surface area contributed by atoms with Gasteiger partial charge in [0.05, 0.1) is 12.8 Å². The first-order chi connectivity index (χ1) is 7.81. The van der Waals surface area contributed by atoms with Gasteiger partial charge in [-0.2, -0.15) is 0 Å². The van der Waals surface area contributed by atoms with Crippen LogP contribution in [0.3, 0.4) is 0 Å².